The van der Waals surface area contributed by atoms with E-state index in [4.69, 9.17) is 17.3 Å². The number of fused-ring (bicyclic) bond motifs is 1. The Balaban J connectivity index is 1.97. The molecule has 3 rings (SSSR count). The van der Waals surface area contributed by atoms with Crippen molar-refractivity contribution < 1.29 is 0 Å². The van der Waals surface area contributed by atoms with Gasteiger partial charge in [0.05, 0.1) is 0 Å². The lowest BCUT2D eigenvalue weighted by Gasteiger charge is -2.27. The van der Waals surface area contributed by atoms with Crippen molar-refractivity contribution in [3.8, 4) is 0 Å². The van der Waals surface area contributed by atoms with Gasteiger partial charge in [-0.3, -0.25) is 0 Å². The van der Waals surface area contributed by atoms with Gasteiger partial charge in [0.25, 0.3) is 0 Å². The monoisotopic (exact) mass is 385 g/mol. The van der Waals surface area contributed by atoms with Crippen molar-refractivity contribution in [2.24, 2.45) is 25.7 Å². The van der Waals surface area contributed by atoms with Crippen LogP contribution in [0.3, 0.4) is 0 Å². The van der Waals surface area contributed by atoms with Crippen LogP contribution in [0.15, 0.2) is 44.2 Å². The highest BCUT2D eigenvalue weighted by Gasteiger charge is 2.39. The van der Waals surface area contributed by atoms with Gasteiger partial charge in [-0.05, 0) is 51.9 Å². The quantitative estimate of drug-likeness (QED) is 0.613. The Kier molecular flexibility index (Phi) is 3.23. The highest BCUT2D eigenvalue weighted by atomic mass is 127. The fourth-order valence-electron chi connectivity index (χ4n) is 2.06. The molecule has 2 N–H and O–H groups in total. The summed E-state index contributed by atoms with van der Waals surface area (Å²) in [5.74, 6) is 0.452. The Morgan fingerprint density at radius 2 is 2.21 bits per heavy atom. The Bertz CT molecular complexity index is 664. The molecule has 0 aromatic heterocycles. The molecule has 0 amide bonds. The topological polar surface area (TPSA) is 75.5 Å². The summed E-state index contributed by atoms with van der Waals surface area (Å²) in [6.45, 7) is 0. The highest BCUT2D eigenvalue weighted by molar-refractivity contribution is 14.1. The second-order valence-electron chi connectivity index (χ2n) is 4.27. The molecule has 0 fully saturated rings. The first kappa shape index (κ1) is 12.9. The molecule has 5 nitrogen and oxygen atoms in total. The maximum absolute atomic E-state index is 6.35. The van der Waals surface area contributed by atoms with Crippen LogP contribution >= 0.6 is 34.2 Å². The number of rotatable bonds is 2. The average Bonchev–Trinajstić information content (AvgIpc) is 2.77. The Morgan fingerprint density at radius 3 is 3.00 bits per heavy atom. The van der Waals surface area contributed by atoms with Crippen LogP contribution < -0.4 is 5.73 Å². The zero-order valence-corrected chi connectivity index (χ0v) is 12.6. The van der Waals surface area contributed by atoms with E-state index in [-0.39, 0.29) is 5.29 Å². The molecule has 2 aliphatic heterocycles. The summed E-state index contributed by atoms with van der Waals surface area (Å²) in [5.41, 5.74) is 6.98. The summed E-state index contributed by atoms with van der Waals surface area (Å²) in [7, 11) is 0. The molecule has 2 aliphatic rings. The van der Waals surface area contributed by atoms with Crippen molar-refractivity contribution in [3.05, 3.63) is 33.4 Å². The van der Waals surface area contributed by atoms with E-state index in [9.17, 15) is 0 Å². The normalized spacial score (nSPS) is 24.7. The third-order valence-electron chi connectivity index (χ3n) is 2.84. The Labute approximate surface area is 128 Å². The standard InChI is InChI=1S/C12H9ClIN5/c13-11-18-10-9(16-6-17-10)12(15,19-11)5-7-2-1-3-8(14)4-7/h1-4,6H,5,15H2. The minimum absolute atomic E-state index is 0.112. The minimum Gasteiger partial charge on any atom is -0.302 e. The van der Waals surface area contributed by atoms with Crippen LogP contribution in [0, 0.1) is 3.57 Å². The maximum Gasteiger partial charge on any atom is 0.222 e. The van der Waals surface area contributed by atoms with E-state index >= 15 is 0 Å². The van der Waals surface area contributed by atoms with Crippen LogP contribution in [-0.2, 0) is 6.42 Å². The molecule has 0 saturated carbocycles. The molecule has 0 spiro atoms. The van der Waals surface area contributed by atoms with Crippen LogP contribution in [0.4, 0.5) is 0 Å². The van der Waals surface area contributed by atoms with E-state index in [1.54, 1.807) is 0 Å². The van der Waals surface area contributed by atoms with Crippen molar-refractivity contribution in [2.75, 3.05) is 0 Å². The first-order valence-electron chi connectivity index (χ1n) is 5.55. The van der Waals surface area contributed by atoms with Gasteiger partial charge in [-0.25, -0.2) is 15.0 Å². The molecule has 96 valence electrons. The highest BCUT2D eigenvalue weighted by Crippen LogP contribution is 2.23. The third-order valence-corrected chi connectivity index (χ3v) is 3.68. The molecule has 19 heavy (non-hydrogen) atoms. The molecule has 0 bridgehead atoms. The van der Waals surface area contributed by atoms with Crippen molar-refractivity contribution in [2.45, 2.75) is 12.1 Å². The van der Waals surface area contributed by atoms with E-state index in [0.29, 0.717) is 18.0 Å². The van der Waals surface area contributed by atoms with E-state index < -0.39 is 5.66 Å². The molecule has 1 atom stereocenters. The summed E-state index contributed by atoms with van der Waals surface area (Å²) in [4.78, 5) is 16.5. The van der Waals surface area contributed by atoms with Crippen molar-refractivity contribution >= 4 is 57.4 Å². The lowest BCUT2D eigenvalue weighted by Crippen LogP contribution is -2.52. The van der Waals surface area contributed by atoms with Crippen LogP contribution in [0.5, 0.6) is 0 Å². The second kappa shape index (κ2) is 4.77. The summed E-state index contributed by atoms with van der Waals surface area (Å²) in [6, 6.07) is 8.06. The number of hydrogen-bond donors (Lipinski definition) is 1. The number of benzene rings is 1. The molecule has 1 unspecified atom stereocenters. The molecule has 0 radical (unpaired) electrons. The SMILES string of the molecule is NC1(Cc2cccc(I)c2)N=C(Cl)N=C2N=CN=C21. The molecule has 0 saturated heterocycles. The zero-order chi connectivity index (χ0) is 13.5. The lowest BCUT2D eigenvalue weighted by molar-refractivity contribution is 0.596. The van der Waals surface area contributed by atoms with Crippen molar-refractivity contribution in [1.82, 2.24) is 0 Å². The first-order valence-corrected chi connectivity index (χ1v) is 7.01. The number of halogens is 2. The summed E-state index contributed by atoms with van der Waals surface area (Å²) in [5, 5.41) is 0.112. The summed E-state index contributed by atoms with van der Waals surface area (Å²) >= 11 is 8.18. The van der Waals surface area contributed by atoms with Gasteiger partial charge in [0.2, 0.25) is 5.29 Å². The summed E-state index contributed by atoms with van der Waals surface area (Å²) < 4.78 is 1.14. The fourth-order valence-corrected chi connectivity index (χ4v) is 2.90. The predicted octanol–water partition coefficient (Wildman–Crippen LogP) is 1.98. The first-order chi connectivity index (χ1) is 9.07. The van der Waals surface area contributed by atoms with Crippen LogP contribution in [-0.4, -0.2) is 28.8 Å². The smallest absolute Gasteiger partial charge is 0.222 e. The van der Waals surface area contributed by atoms with Gasteiger partial charge in [-0.2, -0.15) is 4.99 Å². The number of amidine groups is 2. The Hall–Kier alpha value is -1.12. The summed E-state index contributed by atoms with van der Waals surface area (Å²) in [6.07, 6.45) is 1.93. The maximum atomic E-state index is 6.35. The van der Waals surface area contributed by atoms with Crippen LogP contribution in [0.25, 0.3) is 0 Å². The van der Waals surface area contributed by atoms with Gasteiger partial charge in [0, 0.05) is 9.99 Å². The van der Waals surface area contributed by atoms with Gasteiger partial charge in [0.15, 0.2) is 11.5 Å². The molecule has 2 heterocycles. The number of nitrogens with zero attached hydrogens (tertiary/aromatic N) is 4. The molecule has 1 aromatic rings. The Morgan fingerprint density at radius 1 is 1.37 bits per heavy atom. The van der Waals surface area contributed by atoms with E-state index in [1.807, 2.05) is 18.2 Å². The van der Waals surface area contributed by atoms with Gasteiger partial charge >= 0.3 is 0 Å². The van der Waals surface area contributed by atoms with E-state index in [0.717, 1.165) is 9.13 Å². The van der Waals surface area contributed by atoms with Crippen LogP contribution in [0.2, 0.25) is 0 Å². The molecule has 1 aromatic carbocycles. The average molecular weight is 386 g/mol. The lowest BCUT2D eigenvalue weighted by atomic mass is 9.95. The molecular weight excluding hydrogens is 377 g/mol. The van der Waals surface area contributed by atoms with Gasteiger partial charge < -0.3 is 5.73 Å². The second-order valence-corrected chi connectivity index (χ2v) is 5.85. The molecule has 7 heteroatoms. The largest absolute Gasteiger partial charge is 0.302 e. The number of aliphatic imine (C=N–C) groups is 4. The minimum atomic E-state index is -1.00. The van der Waals surface area contributed by atoms with Gasteiger partial charge in [-0.1, -0.05) is 12.1 Å². The fraction of sp³-hybridized carbons (Fsp3) is 0.167. The zero-order valence-electron chi connectivity index (χ0n) is 9.72. The van der Waals surface area contributed by atoms with Crippen molar-refractivity contribution in [1.29, 1.82) is 0 Å². The van der Waals surface area contributed by atoms with Gasteiger partial charge in [0.1, 0.15) is 12.1 Å². The number of hydrogen-bond acceptors (Lipinski definition) is 5. The van der Waals surface area contributed by atoms with Gasteiger partial charge in [-0.15, -0.1) is 0 Å². The van der Waals surface area contributed by atoms with E-state index in [1.165, 1.54) is 6.34 Å². The number of nitrogens with two attached hydrogens (primary N) is 1. The molecular formula is C12H9ClIN5. The van der Waals surface area contributed by atoms with E-state index in [2.05, 4.69) is 48.6 Å². The molecule has 0 aliphatic carbocycles. The van der Waals surface area contributed by atoms with Crippen LogP contribution in [0.1, 0.15) is 5.56 Å². The van der Waals surface area contributed by atoms with Crippen molar-refractivity contribution in [3.63, 3.8) is 0 Å². The predicted molar refractivity (Wildman–Crippen MR) is 86.4 cm³/mol. The third kappa shape index (κ3) is 2.47.